The van der Waals surface area contributed by atoms with E-state index in [1.807, 2.05) is 6.07 Å². The molecule has 2 aliphatic rings. The third kappa shape index (κ3) is 3.25. The highest BCUT2D eigenvalue weighted by Crippen LogP contribution is 2.53. The summed E-state index contributed by atoms with van der Waals surface area (Å²) in [6.45, 7) is 2.25. The van der Waals surface area contributed by atoms with E-state index >= 15 is 0 Å². The molecule has 0 saturated carbocycles. The van der Waals surface area contributed by atoms with Crippen LogP contribution in [0.15, 0.2) is 109 Å². The van der Waals surface area contributed by atoms with Gasteiger partial charge in [0.05, 0.1) is 0 Å². The zero-order valence-electron chi connectivity index (χ0n) is 18.6. The van der Waals surface area contributed by atoms with E-state index in [1.54, 1.807) is 0 Å². The first kappa shape index (κ1) is 19.6. The minimum atomic E-state index is -0.365. The lowest BCUT2D eigenvalue weighted by Gasteiger charge is -2.37. The molecule has 1 unspecified atom stereocenters. The van der Waals surface area contributed by atoms with Crippen molar-refractivity contribution in [3.63, 3.8) is 0 Å². The molecule has 6 rings (SSSR count). The second-order valence-corrected chi connectivity index (χ2v) is 8.77. The Kier molecular flexibility index (Phi) is 4.62. The Labute approximate surface area is 195 Å². The third-order valence-electron chi connectivity index (χ3n) is 6.78. The molecule has 0 fully saturated rings. The molecule has 0 saturated heterocycles. The summed E-state index contributed by atoms with van der Waals surface area (Å²) >= 11 is 0. The van der Waals surface area contributed by atoms with Crippen LogP contribution in [0.4, 0.5) is 5.69 Å². The smallest absolute Gasteiger partial charge is 0.109 e. The molecule has 1 N–H and O–H groups in total. The van der Waals surface area contributed by atoms with Gasteiger partial charge in [0.2, 0.25) is 0 Å². The lowest BCUT2D eigenvalue weighted by atomic mass is 9.79. The molecule has 0 bridgehead atoms. The number of benzene rings is 4. The van der Waals surface area contributed by atoms with Crippen LogP contribution in [0.5, 0.6) is 0 Å². The van der Waals surface area contributed by atoms with Crippen molar-refractivity contribution in [3.05, 3.63) is 143 Å². The maximum atomic E-state index is 3.94. The normalized spacial score (nSPS) is 18.5. The first-order valence-corrected chi connectivity index (χ1v) is 11.5. The molecule has 4 aromatic carbocycles. The van der Waals surface area contributed by atoms with Gasteiger partial charge < -0.3 is 5.32 Å². The summed E-state index contributed by atoms with van der Waals surface area (Å²) in [6, 6.07) is 36.6. The summed E-state index contributed by atoms with van der Waals surface area (Å²) in [5.41, 5.74) is 11.0. The van der Waals surface area contributed by atoms with E-state index in [0.717, 1.165) is 5.69 Å². The standard InChI is InChI=1S/C32H25N/c1-23-28-14-8-9-15-29(28)32(31(23)26-12-6-3-7-13-26)21-20-27-22-25(18-19-30(27)33-32)17-16-24-10-4-2-5-11-24/h2-22,33H,1H3/b17-16+. The molecule has 1 aliphatic carbocycles. The van der Waals surface area contributed by atoms with Crippen LogP contribution in [0.25, 0.3) is 29.4 Å². The molecule has 158 valence electrons. The highest BCUT2D eigenvalue weighted by molar-refractivity contribution is 6.05. The highest BCUT2D eigenvalue weighted by Gasteiger charge is 2.44. The van der Waals surface area contributed by atoms with Crippen LogP contribution in [-0.2, 0) is 5.54 Å². The number of hydrogen-bond acceptors (Lipinski definition) is 1. The van der Waals surface area contributed by atoms with Crippen molar-refractivity contribution in [1.29, 1.82) is 0 Å². The van der Waals surface area contributed by atoms with E-state index in [9.17, 15) is 0 Å². The number of fused-ring (bicyclic) bond motifs is 3. The lowest BCUT2D eigenvalue weighted by Crippen LogP contribution is -2.35. The Morgan fingerprint density at radius 1 is 0.697 bits per heavy atom. The molecule has 33 heavy (non-hydrogen) atoms. The molecular formula is C32H25N. The zero-order chi connectivity index (χ0) is 22.3. The molecule has 1 nitrogen and oxygen atoms in total. The topological polar surface area (TPSA) is 12.0 Å². The predicted octanol–water partition coefficient (Wildman–Crippen LogP) is 8.14. The molecule has 1 atom stereocenters. The van der Waals surface area contributed by atoms with Gasteiger partial charge in [-0.05, 0) is 69.7 Å². The first-order valence-electron chi connectivity index (χ1n) is 11.5. The molecule has 0 amide bonds. The van der Waals surface area contributed by atoms with Crippen LogP contribution < -0.4 is 5.32 Å². The maximum absolute atomic E-state index is 3.94. The number of nitrogens with one attached hydrogen (secondary N) is 1. The van der Waals surface area contributed by atoms with Gasteiger partial charge in [-0.25, -0.2) is 0 Å². The fourth-order valence-electron chi connectivity index (χ4n) is 5.23. The van der Waals surface area contributed by atoms with Gasteiger partial charge >= 0.3 is 0 Å². The van der Waals surface area contributed by atoms with Gasteiger partial charge in [0.1, 0.15) is 5.54 Å². The van der Waals surface area contributed by atoms with Gasteiger partial charge in [0.15, 0.2) is 0 Å². The van der Waals surface area contributed by atoms with Crippen LogP contribution >= 0.6 is 0 Å². The second-order valence-electron chi connectivity index (χ2n) is 8.77. The minimum Gasteiger partial charge on any atom is -0.368 e. The van der Waals surface area contributed by atoms with Crippen molar-refractivity contribution in [3.8, 4) is 0 Å². The van der Waals surface area contributed by atoms with Crippen LogP contribution in [0.2, 0.25) is 0 Å². The summed E-state index contributed by atoms with van der Waals surface area (Å²) < 4.78 is 0. The Bertz CT molecular complexity index is 1420. The lowest BCUT2D eigenvalue weighted by molar-refractivity contribution is 0.811. The Morgan fingerprint density at radius 3 is 2.21 bits per heavy atom. The zero-order valence-corrected chi connectivity index (χ0v) is 18.6. The predicted molar refractivity (Wildman–Crippen MR) is 142 cm³/mol. The van der Waals surface area contributed by atoms with Crippen LogP contribution in [0.1, 0.15) is 40.3 Å². The largest absolute Gasteiger partial charge is 0.368 e. The molecule has 1 spiro atoms. The second kappa shape index (κ2) is 7.79. The van der Waals surface area contributed by atoms with Gasteiger partial charge in [0.25, 0.3) is 0 Å². The number of rotatable bonds is 3. The molecule has 0 radical (unpaired) electrons. The van der Waals surface area contributed by atoms with E-state index in [1.165, 1.54) is 44.5 Å². The van der Waals surface area contributed by atoms with Crippen molar-refractivity contribution in [2.45, 2.75) is 12.5 Å². The van der Waals surface area contributed by atoms with Gasteiger partial charge in [0, 0.05) is 5.69 Å². The maximum Gasteiger partial charge on any atom is 0.109 e. The SMILES string of the molecule is CC1=C(c2ccccc2)C2(C=Cc3cc(/C=C/c4ccccc4)ccc3N2)c2ccccc21. The van der Waals surface area contributed by atoms with E-state index < -0.39 is 0 Å². The van der Waals surface area contributed by atoms with Crippen LogP contribution in [-0.4, -0.2) is 0 Å². The molecular weight excluding hydrogens is 398 g/mol. The molecule has 4 aromatic rings. The fourth-order valence-corrected chi connectivity index (χ4v) is 5.23. The summed E-state index contributed by atoms with van der Waals surface area (Å²) in [7, 11) is 0. The number of hydrogen-bond donors (Lipinski definition) is 1. The number of allylic oxidation sites excluding steroid dienone is 1. The van der Waals surface area contributed by atoms with Crippen LogP contribution in [0, 0.1) is 0 Å². The Hall–Kier alpha value is -4.10. The monoisotopic (exact) mass is 423 g/mol. The fraction of sp³-hybridized carbons (Fsp3) is 0.0625. The quantitative estimate of drug-likeness (QED) is 0.328. The van der Waals surface area contributed by atoms with Crippen molar-refractivity contribution in [2.75, 3.05) is 5.32 Å². The third-order valence-corrected chi connectivity index (χ3v) is 6.78. The number of anilines is 1. The molecule has 1 heteroatoms. The van der Waals surface area contributed by atoms with Gasteiger partial charge in [-0.3, -0.25) is 0 Å². The minimum absolute atomic E-state index is 0.365. The Balaban J connectivity index is 1.42. The first-order chi connectivity index (χ1) is 16.2. The Morgan fingerprint density at radius 2 is 1.39 bits per heavy atom. The summed E-state index contributed by atoms with van der Waals surface area (Å²) in [6.07, 6.45) is 8.97. The van der Waals surface area contributed by atoms with E-state index in [-0.39, 0.29) is 5.54 Å². The van der Waals surface area contributed by atoms with Gasteiger partial charge in [-0.1, -0.05) is 109 Å². The van der Waals surface area contributed by atoms with Crippen molar-refractivity contribution < 1.29 is 0 Å². The highest BCUT2D eigenvalue weighted by atomic mass is 15.0. The molecule has 0 aromatic heterocycles. The van der Waals surface area contributed by atoms with Crippen molar-refractivity contribution in [2.24, 2.45) is 0 Å². The van der Waals surface area contributed by atoms with E-state index in [2.05, 4.69) is 134 Å². The molecule has 1 heterocycles. The van der Waals surface area contributed by atoms with Crippen molar-refractivity contribution >= 4 is 35.1 Å². The van der Waals surface area contributed by atoms with E-state index in [4.69, 9.17) is 0 Å². The van der Waals surface area contributed by atoms with Gasteiger partial charge in [-0.2, -0.15) is 0 Å². The molecule has 1 aliphatic heterocycles. The summed E-state index contributed by atoms with van der Waals surface area (Å²) in [4.78, 5) is 0. The summed E-state index contributed by atoms with van der Waals surface area (Å²) in [5, 5.41) is 3.94. The average Bonchev–Trinajstić information content (AvgIpc) is 3.11. The van der Waals surface area contributed by atoms with Crippen molar-refractivity contribution in [1.82, 2.24) is 0 Å². The van der Waals surface area contributed by atoms with Gasteiger partial charge in [-0.15, -0.1) is 0 Å². The average molecular weight is 424 g/mol. The summed E-state index contributed by atoms with van der Waals surface area (Å²) in [5.74, 6) is 0. The van der Waals surface area contributed by atoms with E-state index in [0.29, 0.717) is 0 Å². The van der Waals surface area contributed by atoms with Crippen LogP contribution in [0.3, 0.4) is 0 Å².